The second-order valence-corrected chi connectivity index (χ2v) is 5.25. The molecule has 0 amide bonds. The van der Waals surface area contributed by atoms with E-state index in [4.69, 9.17) is 4.74 Å². The zero-order valence-electron chi connectivity index (χ0n) is 13.2. The van der Waals surface area contributed by atoms with Gasteiger partial charge in [0.1, 0.15) is 5.75 Å². The van der Waals surface area contributed by atoms with Crippen molar-refractivity contribution >= 4 is 0 Å². The molecule has 0 aromatic heterocycles. The lowest BCUT2D eigenvalue weighted by Crippen LogP contribution is -2.23. The lowest BCUT2D eigenvalue weighted by atomic mass is 9.96. The van der Waals surface area contributed by atoms with Crippen LogP contribution in [-0.2, 0) is 6.42 Å². The summed E-state index contributed by atoms with van der Waals surface area (Å²) in [4.78, 5) is 0. The molecule has 0 radical (unpaired) electrons. The van der Waals surface area contributed by atoms with Gasteiger partial charge in [-0.1, -0.05) is 43.3 Å². The average Bonchev–Trinajstić information content (AvgIpc) is 2.49. The van der Waals surface area contributed by atoms with Gasteiger partial charge in [-0.2, -0.15) is 0 Å². The van der Waals surface area contributed by atoms with Crippen LogP contribution in [0.15, 0.2) is 48.5 Å². The smallest absolute Gasteiger partial charge is 0.119 e. The summed E-state index contributed by atoms with van der Waals surface area (Å²) in [7, 11) is 0. The first-order chi connectivity index (χ1) is 10.2. The number of rotatable bonds is 7. The molecule has 0 spiro atoms. The van der Waals surface area contributed by atoms with Gasteiger partial charge in [0.05, 0.1) is 6.61 Å². The van der Waals surface area contributed by atoms with Crippen LogP contribution in [-0.4, -0.2) is 13.2 Å². The molecule has 2 heteroatoms. The fourth-order valence-electron chi connectivity index (χ4n) is 2.60. The van der Waals surface area contributed by atoms with E-state index < -0.39 is 0 Å². The van der Waals surface area contributed by atoms with Crippen molar-refractivity contribution in [2.45, 2.75) is 33.2 Å². The number of likely N-dealkylation sites (N-methyl/N-ethyl adjacent to an activating group) is 1. The third-order valence-corrected chi connectivity index (χ3v) is 3.71. The van der Waals surface area contributed by atoms with Crippen molar-refractivity contribution in [3.8, 4) is 5.75 Å². The molecule has 2 aromatic rings. The first-order valence-electron chi connectivity index (χ1n) is 7.75. The summed E-state index contributed by atoms with van der Waals surface area (Å²) < 4.78 is 5.62. The van der Waals surface area contributed by atoms with E-state index in [1.165, 1.54) is 16.7 Å². The highest BCUT2D eigenvalue weighted by molar-refractivity contribution is 5.33. The van der Waals surface area contributed by atoms with Gasteiger partial charge < -0.3 is 10.1 Å². The highest BCUT2D eigenvalue weighted by Gasteiger charge is 2.13. The molecule has 1 N–H and O–H groups in total. The number of hydrogen-bond acceptors (Lipinski definition) is 2. The average molecular weight is 283 g/mol. The number of aryl methyl sites for hydroxylation is 1. The number of hydrogen-bond donors (Lipinski definition) is 1. The third-order valence-electron chi connectivity index (χ3n) is 3.71. The summed E-state index contributed by atoms with van der Waals surface area (Å²) in [5.74, 6) is 0.947. The number of benzene rings is 2. The third kappa shape index (κ3) is 4.33. The van der Waals surface area contributed by atoms with Crippen molar-refractivity contribution in [3.63, 3.8) is 0 Å². The highest BCUT2D eigenvalue weighted by Crippen LogP contribution is 2.24. The van der Waals surface area contributed by atoms with E-state index in [0.717, 1.165) is 18.7 Å². The molecule has 1 atom stereocenters. The first kappa shape index (κ1) is 15.6. The maximum Gasteiger partial charge on any atom is 0.119 e. The van der Waals surface area contributed by atoms with E-state index >= 15 is 0 Å². The molecule has 2 rings (SSSR count). The first-order valence-corrected chi connectivity index (χ1v) is 7.75. The molecule has 0 aliphatic carbocycles. The fraction of sp³-hybridized carbons (Fsp3) is 0.368. The minimum absolute atomic E-state index is 0.316. The van der Waals surface area contributed by atoms with E-state index in [2.05, 4.69) is 61.6 Å². The van der Waals surface area contributed by atoms with Crippen molar-refractivity contribution in [3.05, 3.63) is 65.2 Å². The Labute approximate surface area is 128 Å². The molecule has 0 heterocycles. The highest BCUT2D eigenvalue weighted by atomic mass is 16.5. The number of ether oxygens (including phenoxy) is 1. The molecule has 1 unspecified atom stereocenters. The Kier molecular flexibility index (Phi) is 5.82. The molecule has 0 aliphatic rings. The minimum Gasteiger partial charge on any atom is -0.494 e. The zero-order chi connectivity index (χ0) is 15.1. The molecular formula is C19H25NO. The van der Waals surface area contributed by atoms with Gasteiger partial charge >= 0.3 is 0 Å². The van der Waals surface area contributed by atoms with Crippen LogP contribution >= 0.6 is 0 Å². The second kappa shape index (κ2) is 7.84. The van der Waals surface area contributed by atoms with Gasteiger partial charge in [0, 0.05) is 6.04 Å². The zero-order valence-corrected chi connectivity index (χ0v) is 13.2. The van der Waals surface area contributed by atoms with E-state index in [-0.39, 0.29) is 0 Å². The summed E-state index contributed by atoms with van der Waals surface area (Å²) in [6, 6.07) is 17.3. The second-order valence-electron chi connectivity index (χ2n) is 5.25. The fourth-order valence-corrected chi connectivity index (χ4v) is 2.60. The van der Waals surface area contributed by atoms with Crippen LogP contribution in [0.5, 0.6) is 5.75 Å². The van der Waals surface area contributed by atoms with E-state index in [9.17, 15) is 0 Å². The predicted molar refractivity (Wildman–Crippen MR) is 88.9 cm³/mol. The van der Waals surface area contributed by atoms with Gasteiger partial charge in [0.25, 0.3) is 0 Å². The van der Waals surface area contributed by atoms with Crippen molar-refractivity contribution in [2.75, 3.05) is 13.2 Å². The van der Waals surface area contributed by atoms with Crippen molar-refractivity contribution in [1.82, 2.24) is 5.32 Å². The van der Waals surface area contributed by atoms with Gasteiger partial charge in [-0.15, -0.1) is 0 Å². The topological polar surface area (TPSA) is 21.3 Å². The Morgan fingerprint density at radius 2 is 1.86 bits per heavy atom. The van der Waals surface area contributed by atoms with Crippen LogP contribution in [0.4, 0.5) is 0 Å². The Morgan fingerprint density at radius 3 is 2.57 bits per heavy atom. The molecule has 0 saturated heterocycles. The van der Waals surface area contributed by atoms with E-state index in [1.807, 2.05) is 13.0 Å². The van der Waals surface area contributed by atoms with Crippen LogP contribution in [0, 0.1) is 6.92 Å². The van der Waals surface area contributed by atoms with Crippen molar-refractivity contribution in [2.24, 2.45) is 0 Å². The van der Waals surface area contributed by atoms with Crippen molar-refractivity contribution < 1.29 is 4.74 Å². The molecule has 21 heavy (non-hydrogen) atoms. The molecule has 0 saturated carbocycles. The van der Waals surface area contributed by atoms with Crippen LogP contribution in [0.3, 0.4) is 0 Å². The van der Waals surface area contributed by atoms with Gasteiger partial charge in [0.15, 0.2) is 0 Å². The number of nitrogens with one attached hydrogen (secondary N) is 1. The SMILES string of the molecule is CCNC(Cc1ccccc1C)c1cccc(OCC)c1. The monoisotopic (exact) mass is 283 g/mol. The largest absolute Gasteiger partial charge is 0.494 e. The summed E-state index contributed by atoms with van der Waals surface area (Å²) in [6.45, 7) is 8.00. The van der Waals surface area contributed by atoms with Gasteiger partial charge in [-0.3, -0.25) is 0 Å². The molecule has 0 fully saturated rings. The Bertz CT molecular complexity index is 565. The van der Waals surface area contributed by atoms with Crippen molar-refractivity contribution in [1.29, 1.82) is 0 Å². The summed E-state index contributed by atoms with van der Waals surface area (Å²) >= 11 is 0. The maximum absolute atomic E-state index is 5.62. The van der Waals surface area contributed by atoms with Gasteiger partial charge in [0.2, 0.25) is 0 Å². The molecule has 2 aromatic carbocycles. The molecular weight excluding hydrogens is 258 g/mol. The van der Waals surface area contributed by atoms with E-state index in [0.29, 0.717) is 12.6 Å². The predicted octanol–water partition coefficient (Wildman–Crippen LogP) is 4.29. The Morgan fingerprint density at radius 1 is 1.05 bits per heavy atom. The minimum atomic E-state index is 0.316. The van der Waals surface area contributed by atoms with Crippen LogP contribution in [0.25, 0.3) is 0 Å². The van der Waals surface area contributed by atoms with E-state index in [1.54, 1.807) is 0 Å². The van der Waals surface area contributed by atoms with Crippen LogP contribution in [0.2, 0.25) is 0 Å². The molecule has 112 valence electrons. The van der Waals surface area contributed by atoms with Crippen LogP contribution in [0.1, 0.15) is 36.6 Å². The van der Waals surface area contributed by atoms with Crippen LogP contribution < -0.4 is 10.1 Å². The quantitative estimate of drug-likeness (QED) is 0.818. The lowest BCUT2D eigenvalue weighted by Gasteiger charge is -2.20. The molecule has 0 aliphatic heterocycles. The van der Waals surface area contributed by atoms with Gasteiger partial charge in [-0.05, 0) is 55.6 Å². The summed E-state index contributed by atoms with van der Waals surface area (Å²) in [5.41, 5.74) is 4.03. The standard InChI is InChI=1S/C19H25NO/c1-4-20-19(14-16-10-7-6-9-15(16)3)17-11-8-12-18(13-17)21-5-2/h6-13,19-20H,4-5,14H2,1-3H3. The molecule has 0 bridgehead atoms. The molecule has 2 nitrogen and oxygen atoms in total. The summed E-state index contributed by atoms with van der Waals surface area (Å²) in [6.07, 6.45) is 0.996. The maximum atomic E-state index is 5.62. The summed E-state index contributed by atoms with van der Waals surface area (Å²) in [5, 5.41) is 3.59. The lowest BCUT2D eigenvalue weighted by molar-refractivity contribution is 0.339. The Hall–Kier alpha value is -1.80. The Balaban J connectivity index is 2.22. The van der Waals surface area contributed by atoms with Gasteiger partial charge in [-0.25, -0.2) is 0 Å². The normalized spacial score (nSPS) is 12.1.